The van der Waals surface area contributed by atoms with Gasteiger partial charge in [0.2, 0.25) is 0 Å². The summed E-state index contributed by atoms with van der Waals surface area (Å²) >= 11 is 0. The molecular formula is C24H14O4. The van der Waals surface area contributed by atoms with Gasteiger partial charge in [-0.2, -0.15) is 0 Å². The molecule has 0 amide bonds. The Morgan fingerprint density at radius 1 is 0.536 bits per heavy atom. The maximum atomic E-state index is 11.0. The molecule has 0 saturated heterocycles. The van der Waals surface area contributed by atoms with Crippen molar-refractivity contribution in [2.45, 2.75) is 0 Å². The van der Waals surface area contributed by atoms with Crippen LogP contribution >= 0.6 is 0 Å². The number of hydrogen-bond donors (Lipinski definition) is 2. The zero-order chi connectivity index (χ0) is 19.9. The van der Waals surface area contributed by atoms with Crippen LogP contribution < -0.4 is 0 Å². The summed E-state index contributed by atoms with van der Waals surface area (Å²) in [6.45, 7) is 0. The van der Waals surface area contributed by atoms with E-state index in [1.807, 2.05) is 24.3 Å². The average molecular weight is 366 g/mol. The highest BCUT2D eigenvalue weighted by Gasteiger charge is 2.02. The van der Waals surface area contributed by atoms with Crippen molar-refractivity contribution in [3.63, 3.8) is 0 Å². The first-order chi connectivity index (χ1) is 13.5. The maximum Gasteiger partial charge on any atom is 0.335 e. The Kier molecular flexibility index (Phi) is 5.55. The van der Waals surface area contributed by atoms with Crippen molar-refractivity contribution in [1.82, 2.24) is 0 Å². The van der Waals surface area contributed by atoms with Gasteiger partial charge < -0.3 is 10.2 Å². The number of aromatic carboxylic acids is 2. The molecule has 0 saturated carbocycles. The van der Waals surface area contributed by atoms with Crippen LogP contribution in [0, 0.1) is 23.7 Å². The second kappa shape index (κ2) is 8.40. The Balaban J connectivity index is 1.75. The molecular weight excluding hydrogens is 352 g/mol. The molecule has 3 rings (SSSR count). The standard InChI is InChI=1S/C24H14O4/c25-23(26)21-5-1-3-19(15-21)13-11-17-7-9-18(10-8-17)12-14-20-4-2-6-22(16-20)24(27)28/h1-10,15-16H,(H,25,26)(H,27,28). The molecule has 0 aromatic heterocycles. The van der Waals surface area contributed by atoms with Gasteiger partial charge in [0.15, 0.2) is 0 Å². The Morgan fingerprint density at radius 2 is 0.893 bits per heavy atom. The normalized spacial score (nSPS) is 9.43. The third kappa shape index (κ3) is 4.88. The van der Waals surface area contributed by atoms with Gasteiger partial charge >= 0.3 is 11.9 Å². The van der Waals surface area contributed by atoms with Gasteiger partial charge in [-0.1, -0.05) is 35.8 Å². The molecule has 0 unspecified atom stereocenters. The smallest absolute Gasteiger partial charge is 0.335 e. The first-order valence-electron chi connectivity index (χ1n) is 8.32. The molecule has 0 aliphatic carbocycles. The minimum absolute atomic E-state index is 0.199. The monoisotopic (exact) mass is 366 g/mol. The van der Waals surface area contributed by atoms with Crippen LogP contribution in [0.15, 0.2) is 72.8 Å². The molecule has 0 aliphatic rings. The van der Waals surface area contributed by atoms with E-state index in [0.29, 0.717) is 11.1 Å². The molecule has 0 fully saturated rings. The second-order valence-electron chi connectivity index (χ2n) is 5.85. The molecule has 0 aliphatic heterocycles. The van der Waals surface area contributed by atoms with Crippen molar-refractivity contribution in [2.24, 2.45) is 0 Å². The summed E-state index contributed by atoms with van der Waals surface area (Å²) in [5.41, 5.74) is 3.20. The lowest BCUT2D eigenvalue weighted by molar-refractivity contribution is 0.0686. The van der Waals surface area contributed by atoms with Gasteiger partial charge in [-0.05, 0) is 60.7 Å². The largest absolute Gasteiger partial charge is 0.478 e. The van der Waals surface area contributed by atoms with E-state index in [4.69, 9.17) is 10.2 Å². The van der Waals surface area contributed by atoms with E-state index in [1.54, 1.807) is 24.3 Å². The molecule has 3 aromatic rings. The van der Waals surface area contributed by atoms with E-state index < -0.39 is 11.9 Å². The van der Waals surface area contributed by atoms with Gasteiger partial charge in [-0.15, -0.1) is 0 Å². The van der Waals surface area contributed by atoms with Crippen LogP contribution in [0.25, 0.3) is 0 Å². The van der Waals surface area contributed by atoms with Crippen LogP contribution in [0.5, 0.6) is 0 Å². The lowest BCUT2D eigenvalue weighted by Crippen LogP contribution is -1.95. The number of carboxylic acids is 2. The molecule has 4 nitrogen and oxygen atoms in total. The summed E-state index contributed by atoms with van der Waals surface area (Å²) in [6.07, 6.45) is 0. The molecule has 2 N–H and O–H groups in total. The minimum Gasteiger partial charge on any atom is -0.478 e. The third-order valence-corrected chi connectivity index (χ3v) is 3.81. The number of rotatable bonds is 2. The van der Waals surface area contributed by atoms with Crippen LogP contribution in [0.3, 0.4) is 0 Å². The summed E-state index contributed by atoms with van der Waals surface area (Å²) < 4.78 is 0. The molecule has 3 aromatic carbocycles. The summed E-state index contributed by atoms with van der Waals surface area (Å²) in [6, 6.07) is 20.2. The van der Waals surface area contributed by atoms with Crippen LogP contribution in [0.1, 0.15) is 43.0 Å². The van der Waals surface area contributed by atoms with E-state index in [-0.39, 0.29) is 11.1 Å². The van der Waals surface area contributed by atoms with Crippen LogP contribution in [0.4, 0.5) is 0 Å². The van der Waals surface area contributed by atoms with Crippen LogP contribution in [0.2, 0.25) is 0 Å². The summed E-state index contributed by atoms with van der Waals surface area (Å²) in [5, 5.41) is 18.0. The van der Waals surface area contributed by atoms with Crippen molar-refractivity contribution >= 4 is 11.9 Å². The maximum absolute atomic E-state index is 11.0. The third-order valence-electron chi connectivity index (χ3n) is 3.81. The molecule has 0 spiro atoms. The molecule has 28 heavy (non-hydrogen) atoms. The van der Waals surface area contributed by atoms with Crippen LogP contribution in [-0.4, -0.2) is 22.2 Å². The highest BCUT2D eigenvalue weighted by Crippen LogP contribution is 2.07. The molecule has 134 valence electrons. The zero-order valence-corrected chi connectivity index (χ0v) is 14.6. The van der Waals surface area contributed by atoms with E-state index >= 15 is 0 Å². The van der Waals surface area contributed by atoms with Gasteiger partial charge in [-0.25, -0.2) is 9.59 Å². The van der Waals surface area contributed by atoms with Crippen LogP contribution in [-0.2, 0) is 0 Å². The quantitative estimate of drug-likeness (QED) is 0.675. The lowest BCUT2D eigenvalue weighted by atomic mass is 10.1. The molecule has 0 bridgehead atoms. The van der Waals surface area contributed by atoms with Gasteiger partial charge in [-0.3, -0.25) is 0 Å². The summed E-state index contributed by atoms with van der Waals surface area (Å²) in [5.74, 6) is 9.90. The minimum atomic E-state index is -0.986. The highest BCUT2D eigenvalue weighted by molar-refractivity contribution is 5.88. The number of benzene rings is 3. The van der Waals surface area contributed by atoms with Gasteiger partial charge in [0, 0.05) is 22.3 Å². The topological polar surface area (TPSA) is 74.6 Å². The Hall–Kier alpha value is -4.28. The van der Waals surface area contributed by atoms with Crippen molar-refractivity contribution < 1.29 is 19.8 Å². The molecule has 4 heteroatoms. The predicted molar refractivity (Wildman–Crippen MR) is 105 cm³/mol. The molecule has 0 heterocycles. The summed E-state index contributed by atoms with van der Waals surface area (Å²) in [4.78, 5) is 22.0. The van der Waals surface area contributed by atoms with Crippen molar-refractivity contribution in [1.29, 1.82) is 0 Å². The Morgan fingerprint density at radius 3 is 1.25 bits per heavy atom. The van der Waals surface area contributed by atoms with Gasteiger partial charge in [0.1, 0.15) is 0 Å². The van der Waals surface area contributed by atoms with E-state index in [0.717, 1.165) is 11.1 Å². The Labute approximate surface area is 162 Å². The highest BCUT2D eigenvalue weighted by atomic mass is 16.4. The summed E-state index contributed by atoms with van der Waals surface area (Å²) in [7, 11) is 0. The fourth-order valence-electron chi connectivity index (χ4n) is 2.39. The SMILES string of the molecule is O=C(O)c1cccc(C#Cc2ccc(C#Cc3cccc(C(=O)O)c3)cc2)c1. The fraction of sp³-hybridized carbons (Fsp3) is 0. The lowest BCUT2D eigenvalue weighted by Gasteiger charge is -1.96. The van der Waals surface area contributed by atoms with Crippen molar-refractivity contribution in [3.8, 4) is 23.7 Å². The van der Waals surface area contributed by atoms with Gasteiger partial charge in [0.25, 0.3) is 0 Å². The number of hydrogen-bond acceptors (Lipinski definition) is 2. The van der Waals surface area contributed by atoms with Crippen molar-refractivity contribution in [2.75, 3.05) is 0 Å². The fourth-order valence-corrected chi connectivity index (χ4v) is 2.39. The van der Waals surface area contributed by atoms with E-state index in [1.165, 1.54) is 24.3 Å². The van der Waals surface area contributed by atoms with E-state index in [9.17, 15) is 9.59 Å². The zero-order valence-electron chi connectivity index (χ0n) is 14.6. The second-order valence-corrected chi connectivity index (χ2v) is 5.85. The first-order valence-corrected chi connectivity index (χ1v) is 8.32. The Bertz CT molecular complexity index is 1070. The molecule has 0 radical (unpaired) electrons. The molecule has 0 atom stereocenters. The van der Waals surface area contributed by atoms with Gasteiger partial charge in [0.05, 0.1) is 11.1 Å². The van der Waals surface area contributed by atoms with E-state index in [2.05, 4.69) is 23.7 Å². The number of carboxylic acid groups (broad SMARTS) is 2. The van der Waals surface area contributed by atoms with Crippen molar-refractivity contribution in [3.05, 3.63) is 106 Å². The predicted octanol–water partition coefficient (Wildman–Crippen LogP) is 3.88. The first kappa shape index (κ1) is 18.5. The average Bonchev–Trinajstić information content (AvgIpc) is 2.72. The number of carbonyl (C=O) groups is 2.